The van der Waals surface area contributed by atoms with E-state index in [2.05, 4.69) is 23.4 Å². The molecule has 1 aromatic carbocycles. The summed E-state index contributed by atoms with van der Waals surface area (Å²) < 4.78 is 35.6. The van der Waals surface area contributed by atoms with Crippen LogP contribution in [0.15, 0.2) is 41.6 Å². The van der Waals surface area contributed by atoms with Crippen molar-refractivity contribution in [3.63, 3.8) is 0 Å². The molecule has 1 atom stereocenters. The Kier molecular flexibility index (Phi) is 5.74. The normalized spacial score (nSPS) is 17.8. The van der Waals surface area contributed by atoms with Crippen LogP contribution in [0.1, 0.15) is 32.0 Å². The van der Waals surface area contributed by atoms with Gasteiger partial charge in [0.1, 0.15) is 16.5 Å². The van der Waals surface area contributed by atoms with Gasteiger partial charge in [-0.15, -0.1) is 0 Å². The molecule has 0 N–H and O–H groups in total. The minimum Gasteiger partial charge on any atom is -0.495 e. The zero-order chi connectivity index (χ0) is 21.5. The molecule has 7 nitrogen and oxygen atoms in total. The fourth-order valence-electron chi connectivity index (χ4n) is 4.01. The standard InChI is InChI=1S/C21H25ClN4O3S/c1-14(2)12-26-18-11-23-8-6-17(18)24-21(26)15-7-9-25(13-15)30(27,28)20-10-16(22)4-5-19(20)29-3/h4-6,8,10-11,14-15H,7,9,12-13H2,1-3H3/t15-/m1/s1. The molecule has 2 aromatic heterocycles. The average Bonchev–Trinajstić information content (AvgIpc) is 3.33. The van der Waals surface area contributed by atoms with Gasteiger partial charge in [0.25, 0.3) is 0 Å². The first-order valence-electron chi connectivity index (χ1n) is 9.95. The van der Waals surface area contributed by atoms with E-state index in [1.54, 1.807) is 18.3 Å². The van der Waals surface area contributed by atoms with Gasteiger partial charge in [-0.05, 0) is 36.6 Å². The van der Waals surface area contributed by atoms with Crippen LogP contribution in [-0.4, -0.2) is 47.5 Å². The zero-order valence-corrected chi connectivity index (χ0v) is 18.8. The SMILES string of the molecule is COc1ccc(Cl)cc1S(=O)(=O)N1CC[C@@H](c2nc3ccncc3n2CC(C)C)C1. The maximum absolute atomic E-state index is 13.3. The second kappa shape index (κ2) is 8.17. The van der Waals surface area contributed by atoms with Crippen LogP contribution in [0.2, 0.25) is 5.02 Å². The Morgan fingerprint density at radius 1 is 1.30 bits per heavy atom. The van der Waals surface area contributed by atoms with Gasteiger partial charge in [-0.25, -0.2) is 13.4 Å². The highest BCUT2D eigenvalue weighted by atomic mass is 35.5. The fraction of sp³-hybridized carbons (Fsp3) is 0.429. The molecule has 0 aliphatic carbocycles. The summed E-state index contributed by atoms with van der Waals surface area (Å²) in [6, 6.07) is 6.55. The van der Waals surface area contributed by atoms with Crippen molar-refractivity contribution >= 4 is 32.7 Å². The molecule has 30 heavy (non-hydrogen) atoms. The first-order valence-corrected chi connectivity index (χ1v) is 11.8. The highest BCUT2D eigenvalue weighted by Crippen LogP contribution is 2.36. The second-order valence-electron chi connectivity index (χ2n) is 7.98. The van der Waals surface area contributed by atoms with E-state index in [1.165, 1.54) is 17.5 Å². The molecular formula is C21H25ClN4O3S. The molecule has 0 bridgehead atoms. The zero-order valence-electron chi connectivity index (χ0n) is 17.2. The topological polar surface area (TPSA) is 77.3 Å². The molecule has 3 aromatic rings. The number of halogens is 1. The van der Waals surface area contributed by atoms with Crippen molar-refractivity contribution in [2.24, 2.45) is 5.92 Å². The third-order valence-corrected chi connectivity index (χ3v) is 7.51. The monoisotopic (exact) mass is 448 g/mol. The predicted octanol–water partition coefficient (Wildman–Crippen LogP) is 3.93. The van der Waals surface area contributed by atoms with Crippen LogP contribution in [0, 0.1) is 5.92 Å². The van der Waals surface area contributed by atoms with Gasteiger partial charge in [-0.3, -0.25) is 4.98 Å². The first kappa shape index (κ1) is 21.1. The molecule has 0 unspecified atom stereocenters. The summed E-state index contributed by atoms with van der Waals surface area (Å²) in [4.78, 5) is 9.18. The van der Waals surface area contributed by atoms with E-state index in [9.17, 15) is 8.42 Å². The van der Waals surface area contributed by atoms with Crippen molar-refractivity contribution in [1.82, 2.24) is 18.8 Å². The van der Waals surface area contributed by atoms with E-state index in [1.807, 2.05) is 12.3 Å². The van der Waals surface area contributed by atoms with Gasteiger partial charge in [0.05, 0.1) is 24.3 Å². The van der Waals surface area contributed by atoms with Crippen LogP contribution in [-0.2, 0) is 16.6 Å². The number of methoxy groups -OCH3 is 1. The van der Waals surface area contributed by atoms with Crippen molar-refractivity contribution in [2.75, 3.05) is 20.2 Å². The molecule has 3 heterocycles. The second-order valence-corrected chi connectivity index (χ2v) is 10.3. The van der Waals surface area contributed by atoms with E-state index in [4.69, 9.17) is 21.3 Å². The van der Waals surface area contributed by atoms with E-state index >= 15 is 0 Å². The number of aromatic nitrogens is 3. The lowest BCUT2D eigenvalue weighted by Crippen LogP contribution is -2.29. The largest absolute Gasteiger partial charge is 0.495 e. The van der Waals surface area contributed by atoms with Crippen molar-refractivity contribution in [1.29, 1.82) is 0 Å². The van der Waals surface area contributed by atoms with Crippen molar-refractivity contribution in [3.05, 3.63) is 47.5 Å². The Hall–Kier alpha value is -2.16. The van der Waals surface area contributed by atoms with Gasteiger partial charge in [0.15, 0.2) is 0 Å². The number of imidazole rings is 1. The Bertz CT molecular complexity index is 1180. The molecule has 4 rings (SSSR count). The van der Waals surface area contributed by atoms with Gasteiger partial charge < -0.3 is 9.30 Å². The molecule has 0 spiro atoms. The van der Waals surface area contributed by atoms with Crippen molar-refractivity contribution in [2.45, 2.75) is 37.6 Å². The highest BCUT2D eigenvalue weighted by molar-refractivity contribution is 7.89. The van der Waals surface area contributed by atoms with Crippen LogP contribution in [0.25, 0.3) is 11.0 Å². The Labute approximate surface area is 181 Å². The number of fused-ring (bicyclic) bond motifs is 1. The third-order valence-electron chi connectivity index (χ3n) is 5.39. The molecular weight excluding hydrogens is 424 g/mol. The number of benzene rings is 1. The molecule has 0 radical (unpaired) electrons. The van der Waals surface area contributed by atoms with Gasteiger partial charge in [0.2, 0.25) is 10.0 Å². The highest BCUT2D eigenvalue weighted by Gasteiger charge is 2.37. The van der Waals surface area contributed by atoms with Crippen molar-refractivity contribution in [3.8, 4) is 5.75 Å². The maximum atomic E-state index is 13.3. The lowest BCUT2D eigenvalue weighted by molar-refractivity contribution is 0.398. The van der Waals surface area contributed by atoms with E-state index in [0.717, 1.165) is 23.4 Å². The summed E-state index contributed by atoms with van der Waals surface area (Å²) >= 11 is 6.07. The smallest absolute Gasteiger partial charge is 0.246 e. The molecule has 1 saturated heterocycles. The minimum atomic E-state index is -3.74. The first-order chi connectivity index (χ1) is 14.3. The molecule has 1 fully saturated rings. The summed E-state index contributed by atoms with van der Waals surface area (Å²) in [5.74, 6) is 1.65. The van der Waals surface area contributed by atoms with Crippen LogP contribution in [0.3, 0.4) is 0 Å². The summed E-state index contributed by atoms with van der Waals surface area (Å²) in [6.07, 6.45) is 4.27. The van der Waals surface area contributed by atoms with Crippen LogP contribution < -0.4 is 4.74 Å². The third kappa shape index (κ3) is 3.79. The summed E-state index contributed by atoms with van der Waals surface area (Å²) in [5.41, 5.74) is 1.87. The molecule has 1 aliphatic rings. The average molecular weight is 449 g/mol. The number of hydrogen-bond acceptors (Lipinski definition) is 5. The number of sulfonamides is 1. The summed E-state index contributed by atoms with van der Waals surface area (Å²) in [7, 11) is -2.28. The molecule has 1 aliphatic heterocycles. The van der Waals surface area contributed by atoms with E-state index in [0.29, 0.717) is 36.2 Å². The maximum Gasteiger partial charge on any atom is 0.246 e. The van der Waals surface area contributed by atoms with Crippen LogP contribution in [0.5, 0.6) is 5.75 Å². The lowest BCUT2D eigenvalue weighted by atomic mass is 10.1. The lowest BCUT2D eigenvalue weighted by Gasteiger charge is -2.19. The van der Waals surface area contributed by atoms with Crippen LogP contribution in [0.4, 0.5) is 0 Å². The number of nitrogens with zero attached hydrogens (tertiary/aromatic N) is 4. The molecule has 9 heteroatoms. The summed E-state index contributed by atoms with van der Waals surface area (Å²) in [6.45, 7) is 5.91. The number of pyridine rings is 1. The molecule has 160 valence electrons. The fourth-order valence-corrected chi connectivity index (χ4v) is 5.92. The quantitative estimate of drug-likeness (QED) is 0.571. The van der Waals surface area contributed by atoms with Crippen molar-refractivity contribution < 1.29 is 13.2 Å². The van der Waals surface area contributed by atoms with Crippen LogP contribution >= 0.6 is 11.6 Å². The van der Waals surface area contributed by atoms with Gasteiger partial charge in [0, 0.05) is 36.8 Å². The Morgan fingerprint density at radius 3 is 2.83 bits per heavy atom. The summed E-state index contributed by atoms with van der Waals surface area (Å²) in [5, 5.41) is 0.358. The van der Waals surface area contributed by atoms with Gasteiger partial charge in [-0.1, -0.05) is 25.4 Å². The number of hydrogen-bond donors (Lipinski definition) is 0. The van der Waals surface area contributed by atoms with Gasteiger partial charge in [-0.2, -0.15) is 4.31 Å². The number of ether oxygens (including phenoxy) is 1. The van der Waals surface area contributed by atoms with Gasteiger partial charge >= 0.3 is 0 Å². The Balaban J connectivity index is 1.68. The van der Waals surface area contributed by atoms with E-state index in [-0.39, 0.29) is 10.8 Å². The van der Waals surface area contributed by atoms with E-state index < -0.39 is 10.0 Å². The Morgan fingerprint density at radius 2 is 2.10 bits per heavy atom. The number of rotatable bonds is 6. The predicted molar refractivity (Wildman–Crippen MR) is 116 cm³/mol. The minimum absolute atomic E-state index is 0.0103. The molecule has 0 amide bonds. The molecule has 0 saturated carbocycles.